The lowest BCUT2D eigenvalue weighted by atomic mass is 9.97. The van der Waals surface area contributed by atoms with E-state index in [0.717, 1.165) is 11.1 Å². The second-order valence-corrected chi connectivity index (χ2v) is 9.73. The third-order valence-electron chi connectivity index (χ3n) is 6.90. The Morgan fingerprint density at radius 1 is 1.12 bits per heavy atom. The number of nitrogens with zero attached hydrogens (tertiary/aromatic N) is 4. The molecule has 0 fully saturated rings. The van der Waals surface area contributed by atoms with Crippen molar-refractivity contribution in [2.24, 2.45) is 5.92 Å². The summed E-state index contributed by atoms with van der Waals surface area (Å²) in [6.07, 6.45) is 1.02. The van der Waals surface area contributed by atoms with Crippen molar-refractivity contribution >= 4 is 47.4 Å². The zero-order valence-corrected chi connectivity index (χ0v) is 23.6. The number of hydrogen-bond acceptors (Lipinski definition) is 8. The van der Waals surface area contributed by atoms with Gasteiger partial charge in [-0.3, -0.25) is 24.1 Å². The van der Waals surface area contributed by atoms with Gasteiger partial charge >= 0.3 is 0 Å². The van der Waals surface area contributed by atoms with Crippen LogP contribution in [-0.2, 0) is 38.6 Å². The zero-order chi connectivity index (χ0) is 28.6. The maximum Gasteiger partial charge on any atom is 0.247 e. The Labute approximate surface area is 243 Å². The third-order valence-corrected chi connectivity index (χ3v) is 6.90. The highest BCUT2D eigenvalue weighted by Crippen LogP contribution is 2.32. The molecule has 14 heteroatoms. The van der Waals surface area contributed by atoms with E-state index in [-0.39, 0.29) is 49.6 Å². The SMILES string of the molecule is CC[C@H](C)[C@H](NC(=O)Cc1cccc(N)c1)C(=O)NCC(=O)N1c2ccccc2C[C@H]1C(=O)NCc1nn[nH]n1.Cl. The number of tetrazole rings is 1. The van der Waals surface area contributed by atoms with Crippen molar-refractivity contribution in [1.29, 1.82) is 0 Å². The number of benzene rings is 2. The lowest BCUT2D eigenvalue weighted by Gasteiger charge is -2.27. The number of nitrogens with two attached hydrogens (primary N) is 1. The van der Waals surface area contributed by atoms with Gasteiger partial charge in [0.25, 0.3) is 0 Å². The van der Waals surface area contributed by atoms with Crippen LogP contribution in [-0.4, -0.2) is 62.9 Å². The van der Waals surface area contributed by atoms with Crippen LogP contribution >= 0.6 is 12.4 Å². The molecule has 1 aliphatic heterocycles. The summed E-state index contributed by atoms with van der Waals surface area (Å²) in [6.45, 7) is 3.47. The van der Waals surface area contributed by atoms with Gasteiger partial charge < -0.3 is 21.7 Å². The molecule has 0 spiro atoms. The Morgan fingerprint density at radius 2 is 1.90 bits per heavy atom. The molecule has 4 rings (SSSR count). The highest BCUT2D eigenvalue weighted by molar-refractivity contribution is 6.05. The number of hydrogen-bond donors (Lipinski definition) is 5. The molecule has 1 aromatic heterocycles. The number of fused-ring (bicyclic) bond motifs is 1. The molecular weight excluding hydrogens is 550 g/mol. The normalized spacial score (nSPS) is 15.2. The van der Waals surface area contributed by atoms with Gasteiger partial charge in [0.2, 0.25) is 23.6 Å². The van der Waals surface area contributed by atoms with E-state index in [0.29, 0.717) is 30.0 Å². The first-order valence-corrected chi connectivity index (χ1v) is 13.1. The Balaban J connectivity index is 0.00000462. The van der Waals surface area contributed by atoms with E-state index in [9.17, 15) is 19.2 Å². The number of halogens is 1. The van der Waals surface area contributed by atoms with Crippen LogP contribution in [0.15, 0.2) is 48.5 Å². The Morgan fingerprint density at radius 3 is 2.61 bits per heavy atom. The lowest BCUT2D eigenvalue weighted by molar-refractivity contribution is -0.131. The fourth-order valence-corrected chi connectivity index (χ4v) is 4.62. The van der Waals surface area contributed by atoms with Crippen LogP contribution in [0.2, 0.25) is 0 Å². The maximum atomic E-state index is 13.4. The largest absolute Gasteiger partial charge is 0.399 e. The fraction of sp³-hybridized carbons (Fsp3) is 0.370. The molecule has 0 saturated heterocycles. The van der Waals surface area contributed by atoms with E-state index >= 15 is 0 Å². The molecule has 218 valence electrons. The molecule has 2 heterocycles. The number of anilines is 2. The predicted molar refractivity (Wildman–Crippen MR) is 154 cm³/mol. The minimum atomic E-state index is -0.841. The fourth-order valence-electron chi connectivity index (χ4n) is 4.62. The molecule has 0 bridgehead atoms. The van der Waals surface area contributed by atoms with Crippen LogP contribution in [0.3, 0.4) is 0 Å². The predicted octanol–water partition coefficient (Wildman–Crippen LogP) is 0.668. The van der Waals surface area contributed by atoms with Crippen LogP contribution in [0.5, 0.6) is 0 Å². The summed E-state index contributed by atoms with van der Waals surface area (Å²) in [5.74, 6) is -1.52. The Hall–Kier alpha value is -4.52. The van der Waals surface area contributed by atoms with Crippen molar-refractivity contribution in [2.75, 3.05) is 17.2 Å². The molecule has 0 radical (unpaired) electrons. The standard InChI is InChI=1S/C27H33N9O4.ClH/c1-3-16(2)25(31-23(37)12-17-7-6-9-19(28)11-17)27(40)30-15-24(38)36-20-10-5-4-8-18(20)13-21(36)26(39)29-14-22-32-34-35-33-22;/h4-11,16,21,25H,3,12-15,28H2,1-2H3,(H,29,39)(H,30,40)(H,31,37)(H,32,33,34,35);1H/t16-,21-,25-;/m0./s1. The van der Waals surface area contributed by atoms with E-state index < -0.39 is 23.9 Å². The summed E-state index contributed by atoms with van der Waals surface area (Å²) in [5, 5.41) is 21.6. The lowest BCUT2D eigenvalue weighted by Crippen LogP contribution is -2.54. The number of carbonyl (C=O) groups is 4. The number of amides is 4. The molecule has 6 N–H and O–H groups in total. The molecular formula is C27H34ClN9O4. The van der Waals surface area contributed by atoms with Crippen LogP contribution < -0.4 is 26.6 Å². The van der Waals surface area contributed by atoms with Crippen molar-refractivity contribution in [1.82, 2.24) is 36.6 Å². The average Bonchev–Trinajstić information content (AvgIpc) is 3.61. The first kappa shape index (κ1) is 31.0. The van der Waals surface area contributed by atoms with E-state index in [4.69, 9.17) is 5.73 Å². The van der Waals surface area contributed by atoms with E-state index in [1.165, 1.54) is 4.90 Å². The summed E-state index contributed by atoms with van der Waals surface area (Å²) < 4.78 is 0. The molecule has 2 aromatic carbocycles. The van der Waals surface area contributed by atoms with Crippen molar-refractivity contribution < 1.29 is 19.2 Å². The number of para-hydroxylation sites is 1. The van der Waals surface area contributed by atoms with E-state index in [1.54, 1.807) is 36.4 Å². The van der Waals surface area contributed by atoms with Crippen molar-refractivity contribution in [3.63, 3.8) is 0 Å². The van der Waals surface area contributed by atoms with Crippen LogP contribution in [0, 0.1) is 5.92 Å². The number of aromatic nitrogens is 4. The number of aromatic amines is 1. The van der Waals surface area contributed by atoms with Crippen LogP contribution in [0.25, 0.3) is 0 Å². The molecule has 0 aliphatic carbocycles. The van der Waals surface area contributed by atoms with Gasteiger partial charge in [-0.25, -0.2) is 0 Å². The number of nitrogens with one attached hydrogen (secondary N) is 4. The molecule has 3 atom stereocenters. The van der Waals surface area contributed by atoms with Crippen molar-refractivity contribution in [3.05, 3.63) is 65.5 Å². The summed E-state index contributed by atoms with van der Waals surface area (Å²) in [4.78, 5) is 53.8. The molecule has 0 unspecified atom stereocenters. The topological polar surface area (TPSA) is 188 Å². The molecule has 3 aromatic rings. The minimum absolute atomic E-state index is 0. The number of carbonyl (C=O) groups excluding carboxylic acids is 4. The number of H-pyrrole nitrogens is 1. The average molecular weight is 584 g/mol. The van der Waals surface area contributed by atoms with Crippen LogP contribution in [0.1, 0.15) is 37.2 Å². The van der Waals surface area contributed by atoms with Gasteiger partial charge in [0.05, 0.1) is 19.5 Å². The summed E-state index contributed by atoms with van der Waals surface area (Å²) in [6, 6.07) is 12.6. The van der Waals surface area contributed by atoms with Gasteiger partial charge in [0.1, 0.15) is 12.1 Å². The van der Waals surface area contributed by atoms with Gasteiger partial charge in [0, 0.05) is 17.8 Å². The van der Waals surface area contributed by atoms with E-state index in [1.807, 2.05) is 26.0 Å². The second kappa shape index (κ2) is 14.2. The number of rotatable bonds is 11. The molecule has 4 amide bonds. The molecule has 13 nitrogen and oxygen atoms in total. The minimum Gasteiger partial charge on any atom is -0.399 e. The highest BCUT2D eigenvalue weighted by atomic mass is 35.5. The van der Waals surface area contributed by atoms with E-state index in [2.05, 4.69) is 36.6 Å². The van der Waals surface area contributed by atoms with Gasteiger partial charge in [-0.2, -0.15) is 5.21 Å². The van der Waals surface area contributed by atoms with Crippen molar-refractivity contribution in [3.8, 4) is 0 Å². The summed E-state index contributed by atoms with van der Waals surface area (Å²) in [5.41, 5.74) is 8.53. The molecule has 1 aliphatic rings. The smallest absolute Gasteiger partial charge is 0.247 e. The Bertz CT molecular complexity index is 1370. The maximum absolute atomic E-state index is 13.4. The Kier molecular flexibility index (Phi) is 10.8. The van der Waals surface area contributed by atoms with Crippen LogP contribution in [0.4, 0.5) is 11.4 Å². The quantitative estimate of drug-likeness (QED) is 0.204. The first-order chi connectivity index (χ1) is 19.3. The first-order valence-electron chi connectivity index (χ1n) is 13.1. The zero-order valence-electron chi connectivity index (χ0n) is 22.8. The molecule has 41 heavy (non-hydrogen) atoms. The monoisotopic (exact) mass is 583 g/mol. The third kappa shape index (κ3) is 7.78. The van der Waals surface area contributed by atoms with Gasteiger partial charge in [0.15, 0.2) is 5.82 Å². The molecule has 0 saturated carbocycles. The van der Waals surface area contributed by atoms with Gasteiger partial charge in [-0.1, -0.05) is 55.8 Å². The summed E-state index contributed by atoms with van der Waals surface area (Å²) >= 11 is 0. The highest BCUT2D eigenvalue weighted by Gasteiger charge is 2.38. The number of nitrogen functional groups attached to an aromatic ring is 1. The summed E-state index contributed by atoms with van der Waals surface area (Å²) in [7, 11) is 0. The van der Waals surface area contributed by atoms with Gasteiger partial charge in [-0.15, -0.1) is 22.6 Å². The van der Waals surface area contributed by atoms with Gasteiger partial charge in [-0.05, 0) is 35.2 Å². The second-order valence-electron chi connectivity index (χ2n) is 9.73. The van der Waals surface area contributed by atoms with Crippen molar-refractivity contribution in [2.45, 2.75) is 51.7 Å².